The number of pyridine rings is 1. The third-order valence-electron chi connectivity index (χ3n) is 3.99. The second-order valence-electron chi connectivity index (χ2n) is 6.02. The number of nitrogens with two attached hydrogens (primary N) is 1. The Morgan fingerprint density at radius 3 is 2.63 bits per heavy atom. The molecule has 3 heterocycles. The van der Waals surface area contributed by atoms with Gasteiger partial charge in [-0.2, -0.15) is 13.2 Å². The molecule has 3 rings (SSSR count). The van der Waals surface area contributed by atoms with Crippen molar-refractivity contribution in [2.24, 2.45) is 0 Å². The van der Waals surface area contributed by atoms with Gasteiger partial charge in [-0.3, -0.25) is 0 Å². The van der Waals surface area contributed by atoms with Crippen LogP contribution in [0.3, 0.4) is 0 Å². The van der Waals surface area contributed by atoms with Gasteiger partial charge in [0.2, 0.25) is 10.2 Å². The number of ether oxygens (including phenoxy) is 1. The average molecular weight is 461 g/mol. The first-order valence-corrected chi connectivity index (χ1v) is 10.7. The molecule has 0 bridgehead atoms. The lowest BCUT2D eigenvalue weighted by atomic mass is 10.1. The molecule has 0 amide bonds. The first-order chi connectivity index (χ1) is 14.3. The van der Waals surface area contributed by atoms with Gasteiger partial charge < -0.3 is 25.4 Å². The fraction of sp³-hybridized carbons (Fsp3) is 0.353. The molecule has 4 N–H and O–H groups in total. The highest BCUT2D eigenvalue weighted by atomic mass is 32.2. The maximum atomic E-state index is 13.8. The van der Waals surface area contributed by atoms with Crippen molar-refractivity contribution < 1.29 is 27.6 Å². The lowest BCUT2D eigenvalue weighted by molar-refractivity contribution is -0.136. The van der Waals surface area contributed by atoms with Gasteiger partial charge in [-0.05, 0) is 6.07 Å². The van der Waals surface area contributed by atoms with E-state index in [-0.39, 0.29) is 62.8 Å². The van der Waals surface area contributed by atoms with Crippen molar-refractivity contribution in [2.45, 2.75) is 10.4 Å². The molecule has 0 aliphatic rings. The minimum atomic E-state index is -4.69. The molecule has 0 fully saturated rings. The molecule has 3 aromatic rings. The van der Waals surface area contributed by atoms with Crippen molar-refractivity contribution in [3.63, 3.8) is 0 Å². The Kier molecular flexibility index (Phi) is 6.98. The molecule has 1 atom stereocenters. The largest absolute Gasteiger partial charge is 0.611 e. The summed E-state index contributed by atoms with van der Waals surface area (Å²) in [5, 5.41) is 11.3. The van der Waals surface area contributed by atoms with Crippen LogP contribution in [-0.4, -0.2) is 57.2 Å². The highest BCUT2D eigenvalue weighted by molar-refractivity contribution is 7.93. The molecule has 0 aliphatic carbocycles. The lowest BCUT2D eigenvalue weighted by Gasteiger charge is -2.11. The molecular weight excluding hydrogens is 443 g/mol. The Morgan fingerprint density at radius 1 is 1.33 bits per heavy atom. The van der Waals surface area contributed by atoms with E-state index in [1.807, 2.05) is 0 Å². The number of hydrogen-bond acceptors (Lipinski definition) is 9. The van der Waals surface area contributed by atoms with E-state index in [1.165, 1.54) is 19.5 Å². The third kappa shape index (κ3) is 4.75. The zero-order valence-corrected chi connectivity index (χ0v) is 17.3. The smallest absolute Gasteiger partial charge is 0.417 e. The highest BCUT2D eigenvalue weighted by Gasteiger charge is 2.37. The predicted molar refractivity (Wildman–Crippen MR) is 109 cm³/mol. The molecule has 30 heavy (non-hydrogen) atoms. The van der Waals surface area contributed by atoms with Crippen LogP contribution in [0.5, 0.6) is 0 Å². The molecule has 8 nitrogen and oxygen atoms in total. The van der Waals surface area contributed by atoms with Crippen molar-refractivity contribution in [3.05, 3.63) is 24.0 Å². The quantitative estimate of drug-likeness (QED) is 0.437. The second kappa shape index (κ2) is 9.31. The van der Waals surface area contributed by atoms with Crippen molar-refractivity contribution in [3.8, 4) is 11.3 Å². The summed E-state index contributed by atoms with van der Waals surface area (Å²) in [5.74, 6) is 0.332. The molecule has 0 unspecified atom stereocenters. The molecular formula is C17H18F3N5O3S2. The maximum absolute atomic E-state index is 13.8. The SMILES string of the molecule is COCC[S@@+]([O-])c1sc2nc(-c3cnc(NCCO)nc3)cc(C(F)(F)F)c2c1N. The van der Waals surface area contributed by atoms with Crippen LogP contribution in [0.15, 0.2) is 22.7 Å². The van der Waals surface area contributed by atoms with Crippen LogP contribution in [0.1, 0.15) is 5.56 Å². The number of thiophene rings is 1. The average Bonchev–Trinajstić information content (AvgIpc) is 3.06. The van der Waals surface area contributed by atoms with Crippen LogP contribution in [0.25, 0.3) is 21.5 Å². The Hall–Kier alpha value is -2.19. The normalized spacial score (nSPS) is 13.0. The van der Waals surface area contributed by atoms with Crippen LogP contribution in [-0.2, 0) is 22.1 Å². The number of hydrogen-bond donors (Lipinski definition) is 3. The van der Waals surface area contributed by atoms with E-state index in [4.69, 9.17) is 15.6 Å². The third-order valence-corrected chi connectivity index (χ3v) is 6.87. The number of halogens is 3. The number of nitrogen functional groups attached to an aromatic ring is 1. The van der Waals surface area contributed by atoms with E-state index >= 15 is 0 Å². The zero-order valence-electron chi connectivity index (χ0n) is 15.7. The van der Waals surface area contributed by atoms with E-state index in [2.05, 4.69) is 20.3 Å². The Morgan fingerprint density at radius 2 is 2.03 bits per heavy atom. The predicted octanol–water partition coefficient (Wildman–Crippen LogP) is 2.51. The van der Waals surface area contributed by atoms with Crippen molar-refractivity contribution in [2.75, 3.05) is 43.7 Å². The number of aliphatic hydroxyl groups is 1. The van der Waals surface area contributed by atoms with Gasteiger partial charge in [0.05, 0.1) is 29.9 Å². The number of fused-ring (bicyclic) bond motifs is 1. The topological polar surface area (TPSA) is 129 Å². The van der Waals surface area contributed by atoms with Crippen molar-refractivity contribution in [1.82, 2.24) is 15.0 Å². The summed E-state index contributed by atoms with van der Waals surface area (Å²) < 4.78 is 58.8. The maximum Gasteiger partial charge on any atom is 0.417 e. The number of nitrogens with zero attached hydrogens (tertiary/aromatic N) is 3. The number of aliphatic hydroxyl groups excluding tert-OH is 1. The summed E-state index contributed by atoms with van der Waals surface area (Å²) in [5.41, 5.74) is 5.08. The number of methoxy groups -OCH3 is 1. The fourth-order valence-corrected chi connectivity index (χ4v) is 5.18. The number of rotatable bonds is 8. The van der Waals surface area contributed by atoms with Crippen LogP contribution >= 0.6 is 11.3 Å². The molecule has 0 radical (unpaired) electrons. The van der Waals surface area contributed by atoms with E-state index < -0.39 is 22.9 Å². The van der Waals surface area contributed by atoms with Gasteiger partial charge in [0.25, 0.3) is 0 Å². The first-order valence-electron chi connectivity index (χ1n) is 8.61. The van der Waals surface area contributed by atoms with Gasteiger partial charge in [0.15, 0.2) is 0 Å². The van der Waals surface area contributed by atoms with Crippen molar-refractivity contribution >= 4 is 44.4 Å². The number of nitrogens with one attached hydrogen (secondary N) is 1. The van der Waals surface area contributed by atoms with Gasteiger partial charge in [-0.15, -0.1) is 0 Å². The van der Waals surface area contributed by atoms with Gasteiger partial charge in [0, 0.05) is 42.8 Å². The van der Waals surface area contributed by atoms with Crippen LogP contribution < -0.4 is 11.1 Å². The highest BCUT2D eigenvalue weighted by Crippen LogP contribution is 2.45. The first kappa shape index (κ1) is 22.5. The minimum absolute atomic E-state index is 0.0130. The molecule has 0 saturated carbocycles. The summed E-state index contributed by atoms with van der Waals surface area (Å²) in [4.78, 5) is 12.3. The molecule has 3 aromatic heterocycles. The number of anilines is 2. The molecule has 0 spiro atoms. The van der Waals surface area contributed by atoms with E-state index in [0.29, 0.717) is 0 Å². The van der Waals surface area contributed by atoms with Gasteiger partial charge >= 0.3 is 6.18 Å². The lowest BCUT2D eigenvalue weighted by Crippen LogP contribution is -2.12. The van der Waals surface area contributed by atoms with Crippen LogP contribution in [0, 0.1) is 0 Å². The number of aromatic nitrogens is 3. The van der Waals surface area contributed by atoms with Gasteiger partial charge in [0.1, 0.15) is 16.3 Å². The molecule has 13 heteroatoms. The fourth-order valence-electron chi connectivity index (χ4n) is 2.61. The summed E-state index contributed by atoms with van der Waals surface area (Å²) in [7, 11) is 1.44. The van der Waals surface area contributed by atoms with Gasteiger partial charge in [-0.25, -0.2) is 15.0 Å². The molecule has 0 saturated heterocycles. The van der Waals surface area contributed by atoms with E-state index in [9.17, 15) is 17.7 Å². The van der Waals surface area contributed by atoms with E-state index in [1.54, 1.807) is 0 Å². The molecule has 162 valence electrons. The van der Waals surface area contributed by atoms with Gasteiger partial charge in [-0.1, -0.05) is 11.3 Å². The van der Waals surface area contributed by atoms with Crippen LogP contribution in [0.4, 0.5) is 24.8 Å². The van der Waals surface area contributed by atoms with Crippen LogP contribution in [0.2, 0.25) is 0 Å². The van der Waals surface area contributed by atoms with Crippen molar-refractivity contribution in [1.29, 1.82) is 0 Å². The summed E-state index contributed by atoms with van der Waals surface area (Å²) in [6.07, 6.45) is -2.04. The standard InChI is InChI=1S/C17H18F3N5O3S2/c1-28-4-5-30(27)15-13(21)12-10(17(18,19)20)6-11(25-14(12)29-15)9-7-23-16(24-8-9)22-2-3-26/h6-8,26H,2-5,21H2,1H3,(H,22,23,24)/t30-/m1/s1. The second-order valence-corrected chi connectivity index (χ2v) is 8.79. The monoisotopic (exact) mass is 461 g/mol. The van der Waals surface area contributed by atoms with E-state index in [0.717, 1.165) is 17.4 Å². The Balaban J connectivity index is 2.09. The minimum Gasteiger partial charge on any atom is -0.611 e. The summed E-state index contributed by atoms with van der Waals surface area (Å²) in [6.45, 7) is 0.296. The Bertz CT molecular complexity index is 1010. The number of alkyl halides is 3. The summed E-state index contributed by atoms with van der Waals surface area (Å²) in [6, 6.07) is 0.882. The Labute approximate surface area is 176 Å². The molecule has 0 aromatic carbocycles. The summed E-state index contributed by atoms with van der Waals surface area (Å²) >= 11 is -0.749. The zero-order chi connectivity index (χ0) is 21.9. The molecule has 0 aliphatic heterocycles.